The van der Waals surface area contributed by atoms with E-state index in [1.54, 1.807) is 0 Å². The van der Waals surface area contributed by atoms with Crippen LogP contribution in [-0.4, -0.2) is 49.7 Å². The van der Waals surface area contributed by atoms with Crippen LogP contribution < -0.4 is 0 Å². The molecule has 1 fully saturated rings. The lowest BCUT2D eigenvalue weighted by atomic mass is 10.0. The summed E-state index contributed by atoms with van der Waals surface area (Å²) in [5.74, 6) is -0.902. The summed E-state index contributed by atoms with van der Waals surface area (Å²) in [5, 5.41) is 0. The van der Waals surface area contributed by atoms with Gasteiger partial charge >= 0.3 is 11.9 Å². The second kappa shape index (κ2) is 18.4. The van der Waals surface area contributed by atoms with Gasteiger partial charge in [0.05, 0.1) is 6.42 Å². The van der Waals surface area contributed by atoms with Crippen molar-refractivity contribution in [1.29, 1.82) is 0 Å². The van der Waals surface area contributed by atoms with Crippen molar-refractivity contribution in [3.63, 3.8) is 0 Å². The molecule has 1 aliphatic heterocycles. The second-order valence-electron chi connectivity index (χ2n) is 8.57. The van der Waals surface area contributed by atoms with E-state index in [4.69, 9.17) is 9.47 Å². The molecule has 1 aliphatic rings. The summed E-state index contributed by atoms with van der Waals surface area (Å²) in [5.41, 5.74) is 0.167. The van der Waals surface area contributed by atoms with Gasteiger partial charge < -0.3 is 9.47 Å². The summed E-state index contributed by atoms with van der Waals surface area (Å²) < 4.78 is 10.4. The Bertz CT molecular complexity index is 478. The van der Waals surface area contributed by atoms with Crippen LogP contribution in [0.2, 0.25) is 0 Å². The minimum Gasteiger partial charge on any atom is -0.464 e. The minimum absolute atomic E-state index is 0.0855. The van der Waals surface area contributed by atoms with Crippen LogP contribution in [0.5, 0.6) is 0 Å². The van der Waals surface area contributed by atoms with Crippen molar-refractivity contribution in [3.8, 4) is 0 Å². The van der Waals surface area contributed by atoms with Crippen LogP contribution in [0.1, 0.15) is 103 Å². The van der Waals surface area contributed by atoms with Gasteiger partial charge in [-0.1, -0.05) is 97.0 Å². The minimum atomic E-state index is -0.495. The van der Waals surface area contributed by atoms with E-state index in [-0.39, 0.29) is 12.0 Å². The fourth-order valence-electron chi connectivity index (χ4n) is 3.82. The van der Waals surface area contributed by atoms with Gasteiger partial charge in [0.15, 0.2) is 0 Å². The molecule has 1 rings (SSSR count). The number of unbranched alkanes of at least 4 members (excludes halogenated alkanes) is 13. The molecule has 0 atom stereocenters. The zero-order chi connectivity index (χ0) is 21.9. The molecule has 0 aromatic rings. The number of ether oxygens (including phenoxy) is 2. The second-order valence-corrected chi connectivity index (χ2v) is 8.57. The number of cyclic esters (lactones) is 2. The molecule has 1 heterocycles. The predicted molar refractivity (Wildman–Crippen MR) is 122 cm³/mol. The maximum Gasteiger partial charge on any atom is 0.334 e. The van der Waals surface area contributed by atoms with Crippen LogP contribution in [0.25, 0.3) is 0 Å². The molecule has 0 aromatic heterocycles. The van der Waals surface area contributed by atoms with Gasteiger partial charge in [-0.15, -0.1) is 0 Å². The van der Waals surface area contributed by atoms with Crippen molar-refractivity contribution in [2.24, 2.45) is 0 Å². The Balaban J connectivity index is 2.00. The van der Waals surface area contributed by atoms with Crippen LogP contribution in [0.4, 0.5) is 0 Å². The standard InChI is InChI=1S/C25H45NO4/c1-3-4-5-6-7-8-9-10-11-12-13-14-15-16-17-26-18-20-29-24(27)22-23(2)25(28)30-21-19-26/h2-22H2,1H3. The molecule has 1 saturated heterocycles. The molecule has 0 radical (unpaired) electrons. The summed E-state index contributed by atoms with van der Waals surface area (Å²) in [7, 11) is 0. The molecule has 0 bridgehead atoms. The zero-order valence-corrected chi connectivity index (χ0v) is 19.4. The van der Waals surface area contributed by atoms with Crippen LogP contribution in [0.15, 0.2) is 12.2 Å². The molecular formula is C25H45NO4. The molecule has 174 valence electrons. The van der Waals surface area contributed by atoms with Crippen molar-refractivity contribution >= 4 is 11.9 Å². The number of hydrogen-bond acceptors (Lipinski definition) is 5. The molecule has 0 spiro atoms. The number of esters is 2. The Morgan fingerprint density at radius 2 is 1.20 bits per heavy atom. The SMILES string of the molecule is C=C1CC(=O)OCCN(CCCCCCCCCCCCCCCC)CCOC1=O. The normalized spacial score (nSPS) is 16.8. The smallest absolute Gasteiger partial charge is 0.334 e. The van der Waals surface area contributed by atoms with E-state index in [1.807, 2.05) is 0 Å². The summed E-state index contributed by atoms with van der Waals surface area (Å²) in [6, 6.07) is 0. The number of nitrogens with zero attached hydrogens (tertiary/aromatic N) is 1. The highest BCUT2D eigenvalue weighted by atomic mass is 16.5. The molecule has 0 saturated carbocycles. The monoisotopic (exact) mass is 423 g/mol. The first-order chi connectivity index (χ1) is 14.6. The molecule has 0 amide bonds. The Kier molecular flexibility index (Phi) is 16.4. The van der Waals surface area contributed by atoms with E-state index >= 15 is 0 Å². The molecule has 0 aliphatic carbocycles. The number of rotatable bonds is 15. The van der Waals surface area contributed by atoms with E-state index in [0.29, 0.717) is 26.3 Å². The summed E-state index contributed by atoms with van der Waals surface area (Å²) >= 11 is 0. The first-order valence-corrected chi connectivity index (χ1v) is 12.4. The maximum absolute atomic E-state index is 11.7. The van der Waals surface area contributed by atoms with E-state index in [1.165, 1.54) is 83.5 Å². The van der Waals surface area contributed by atoms with Gasteiger partial charge in [-0.2, -0.15) is 0 Å². The summed E-state index contributed by atoms with van der Waals surface area (Å²) in [6.45, 7) is 8.89. The Morgan fingerprint density at radius 3 is 1.73 bits per heavy atom. The summed E-state index contributed by atoms with van der Waals surface area (Å²) in [6.07, 6.45) is 18.8. The van der Waals surface area contributed by atoms with Crippen molar-refractivity contribution in [2.45, 2.75) is 103 Å². The third kappa shape index (κ3) is 14.6. The molecule has 0 aromatic carbocycles. The predicted octanol–water partition coefficient (Wildman–Crippen LogP) is 5.82. The lowest BCUT2D eigenvalue weighted by Gasteiger charge is -2.21. The molecule has 0 N–H and O–H groups in total. The Morgan fingerprint density at radius 1 is 0.733 bits per heavy atom. The van der Waals surface area contributed by atoms with E-state index < -0.39 is 11.9 Å². The zero-order valence-electron chi connectivity index (χ0n) is 19.4. The van der Waals surface area contributed by atoms with Gasteiger partial charge in [0.2, 0.25) is 0 Å². The van der Waals surface area contributed by atoms with Crippen molar-refractivity contribution < 1.29 is 19.1 Å². The van der Waals surface area contributed by atoms with Crippen molar-refractivity contribution in [3.05, 3.63) is 12.2 Å². The largest absolute Gasteiger partial charge is 0.464 e. The third-order valence-electron chi connectivity index (χ3n) is 5.79. The fraction of sp³-hybridized carbons (Fsp3) is 0.840. The quantitative estimate of drug-likeness (QED) is 0.189. The number of carbonyl (C=O) groups is 2. The molecule has 5 nitrogen and oxygen atoms in total. The molecule has 0 unspecified atom stereocenters. The molecular weight excluding hydrogens is 378 g/mol. The average Bonchev–Trinajstić information content (AvgIpc) is 2.75. The Hall–Kier alpha value is -1.36. The third-order valence-corrected chi connectivity index (χ3v) is 5.79. The van der Waals surface area contributed by atoms with Crippen LogP contribution in [0, 0.1) is 0 Å². The lowest BCUT2D eigenvalue weighted by Crippen LogP contribution is -2.32. The molecule has 5 heteroatoms. The first-order valence-electron chi connectivity index (χ1n) is 12.4. The molecule has 30 heavy (non-hydrogen) atoms. The van der Waals surface area contributed by atoms with Crippen LogP contribution >= 0.6 is 0 Å². The van der Waals surface area contributed by atoms with E-state index in [0.717, 1.165) is 13.0 Å². The van der Waals surface area contributed by atoms with Gasteiger partial charge in [-0.3, -0.25) is 9.69 Å². The fourth-order valence-corrected chi connectivity index (χ4v) is 3.82. The highest BCUT2D eigenvalue weighted by Gasteiger charge is 2.17. The van der Waals surface area contributed by atoms with Gasteiger partial charge in [-0.25, -0.2) is 4.79 Å². The van der Waals surface area contributed by atoms with Crippen molar-refractivity contribution in [1.82, 2.24) is 4.90 Å². The highest BCUT2D eigenvalue weighted by molar-refractivity contribution is 5.93. The van der Waals surface area contributed by atoms with E-state index in [2.05, 4.69) is 18.4 Å². The maximum atomic E-state index is 11.7. The lowest BCUT2D eigenvalue weighted by molar-refractivity contribution is -0.145. The van der Waals surface area contributed by atoms with Gasteiger partial charge in [0.1, 0.15) is 13.2 Å². The summed E-state index contributed by atoms with van der Waals surface area (Å²) in [4.78, 5) is 25.6. The highest BCUT2D eigenvalue weighted by Crippen LogP contribution is 2.13. The van der Waals surface area contributed by atoms with Gasteiger partial charge in [0, 0.05) is 18.7 Å². The van der Waals surface area contributed by atoms with Crippen LogP contribution in [-0.2, 0) is 19.1 Å². The van der Waals surface area contributed by atoms with Crippen molar-refractivity contribution in [2.75, 3.05) is 32.8 Å². The van der Waals surface area contributed by atoms with Gasteiger partial charge in [-0.05, 0) is 13.0 Å². The number of hydrogen-bond donors (Lipinski definition) is 0. The number of carbonyl (C=O) groups excluding carboxylic acids is 2. The van der Waals surface area contributed by atoms with Gasteiger partial charge in [0.25, 0.3) is 0 Å². The average molecular weight is 424 g/mol. The Labute approximate surface area is 184 Å². The first kappa shape index (κ1) is 26.7. The van der Waals surface area contributed by atoms with E-state index in [9.17, 15) is 9.59 Å². The topological polar surface area (TPSA) is 55.8 Å². The van der Waals surface area contributed by atoms with Crippen LogP contribution in [0.3, 0.4) is 0 Å².